The van der Waals surface area contributed by atoms with Crippen LogP contribution in [-0.2, 0) is 9.59 Å². The van der Waals surface area contributed by atoms with Crippen LogP contribution in [0.2, 0.25) is 0 Å². The van der Waals surface area contributed by atoms with Crippen LogP contribution in [0.15, 0.2) is 18.5 Å². The third kappa shape index (κ3) is 1.88. The van der Waals surface area contributed by atoms with Crippen LogP contribution < -0.4 is 9.80 Å². The second-order valence-corrected chi connectivity index (χ2v) is 5.56. The van der Waals surface area contributed by atoms with Gasteiger partial charge < -0.3 is 9.80 Å². The van der Waals surface area contributed by atoms with Crippen molar-refractivity contribution in [3.63, 3.8) is 0 Å². The Labute approximate surface area is 118 Å². The van der Waals surface area contributed by atoms with Crippen LogP contribution in [-0.4, -0.2) is 28.9 Å². The molecule has 2 amide bonds. The van der Waals surface area contributed by atoms with Crippen molar-refractivity contribution in [2.24, 2.45) is 0 Å². The van der Waals surface area contributed by atoms with Gasteiger partial charge in [-0.1, -0.05) is 12.8 Å². The molecule has 5 heteroatoms. The van der Waals surface area contributed by atoms with Gasteiger partial charge in [-0.2, -0.15) is 0 Å². The summed E-state index contributed by atoms with van der Waals surface area (Å²) in [5.74, 6) is 0.0666. The second kappa shape index (κ2) is 4.89. The van der Waals surface area contributed by atoms with Gasteiger partial charge in [0.25, 0.3) is 0 Å². The van der Waals surface area contributed by atoms with E-state index in [9.17, 15) is 9.59 Å². The molecule has 1 aliphatic carbocycles. The van der Waals surface area contributed by atoms with Crippen molar-refractivity contribution >= 4 is 23.2 Å². The zero-order valence-corrected chi connectivity index (χ0v) is 11.9. The third-order valence-electron chi connectivity index (χ3n) is 4.33. The minimum Gasteiger partial charge on any atom is -0.305 e. The maximum atomic E-state index is 12.1. The van der Waals surface area contributed by atoms with Gasteiger partial charge in [-0.05, 0) is 18.9 Å². The van der Waals surface area contributed by atoms with Gasteiger partial charge in [0, 0.05) is 20.0 Å². The highest BCUT2D eigenvalue weighted by molar-refractivity contribution is 6.03. The van der Waals surface area contributed by atoms with Crippen LogP contribution in [0, 0.1) is 0 Å². The predicted octanol–water partition coefficient (Wildman–Crippen LogP) is 2.11. The Morgan fingerprint density at radius 3 is 2.15 bits per heavy atom. The summed E-state index contributed by atoms with van der Waals surface area (Å²) in [6, 6.07) is 2.01. The van der Waals surface area contributed by atoms with E-state index in [1.54, 1.807) is 26.2 Å². The molecule has 0 bridgehead atoms. The zero-order valence-electron chi connectivity index (χ0n) is 11.9. The minimum absolute atomic E-state index is 0.0272. The largest absolute Gasteiger partial charge is 0.305 e. The van der Waals surface area contributed by atoms with Gasteiger partial charge in [0.2, 0.25) is 11.8 Å². The van der Waals surface area contributed by atoms with E-state index in [2.05, 4.69) is 4.98 Å². The fraction of sp³-hybridized carbons (Fsp3) is 0.533. The molecular weight excluding hydrogens is 254 g/mol. The summed E-state index contributed by atoms with van der Waals surface area (Å²) in [6.07, 6.45) is 7.48. The fourth-order valence-corrected chi connectivity index (χ4v) is 3.63. The average molecular weight is 273 g/mol. The van der Waals surface area contributed by atoms with Crippen LogP contribution in [0.5, 0.6) is 0 Å². The van der Waals surface area contributed by atoms with E-state index in [1.165, 1.54) is 0 Å². The van der Waals surface area contributed by atoms with Gasteiger partial charge in [0.05, 0.1) is 29.7 Å². The summed E-state index contributed by atoms with van der Waals surface area (Å²) in [4.78, 5) is 32.0. The summed E-state index contributed by atoms with van der Waals surface area (Å²) < 4.78 is 0. The molecule has 0 radical (unpaired) electrons. The Bertz CT molecular complexity index is 509. The number of hydrogen-bond acceptors (Lipinski definition) is 3. The van der Waals surface area contributed by atoms with Crippen LogP contribution in [0.1, 0.15) is 39.5 Å². The molecule has 1 saturated carbocycles. The number of carbonyl (C=O) groups is 2. The van der Waals surface area contributed by atoms with Gasteiger partial charge in [-0.15, -0.1) is 0 Å². The van der Waals surface area contributed by atoms with Crippen LogP contribution >= 0.6 is 0 Å². The number of fused-ring (bicyclic) bond motifs is 2. The molecule has 2 unspecified atom stereocenters. The Balaban J connectivity index is 2.17. The molecule has 0 aromatic carbocycles. The van der Waals surface area contributed by atoms with E-state index in [0.717, 1.165) is 37.1 Å². The van der Waals surface area contributed by atoms with Crippen LogP contribution in [0.25, 0.3) is 0 Å². The van der Waals surface area contributed by atoms with E-state index in [4.69, 9.17) is 0 Å². The molecule has 3 rings (SSSR count). The molecule has 1 aromatic heterocycles. The lowest BCUT2D eigenvalue weighted by Crippen LogP contribution is -2.60. The maximum absolute atomic E-state index is 12.1. The number of carbonyl (C=O) groups excluding carboxylic acids is 2. The van der Waals surface area contributed by atoms with E-state index in [-0.39, 0.29) is 23.9 Å². The van der Waals surface area contributed by atoms with Crippen molar-refractivity contribution in [3.8, 4) is 0 Å². The van der Waals surface area contributed by atoms with Crippen molar-refractivity contribution in [2.75, 3.05) is 9.80 Å². The summed E-state index contributed by atoms with van der Waals surface area (Å²) in [6.45, 7) is 3.19. The molecule has 20 heavy (non-hydrogen) atoms. The molecule has 2 aliphatic rings. The van der Waals surface area contributed by atoms with Gasteiger partial charge in [0.15, 0.2) is 0 Å². The summed E-state index contributed by atoms with van der Waals surface area (Å²) in [5.41, 5.74) is 1.57. The lowest BCUT2D eigenvalue weighted by atomic mass is 9.85. The first kappa shape index (κ1) is 13.1. The van der Waals surface area contributed by atoms with Gasteiger partial charge in [-0.25, -0.2) is 0 Å². The first-order chi connectivity index (χ1) is 9.61. The number of pyridine rings is 1. The SMILES string of the molecule is CC(=O)N1c2ccncc2N(C(C)=O)C2CCCCC21. The summed E-state index contributed by atoms with van der Waals surface area (Å²) in [7, 11) is 0. The molecule has 1 aliphatic heterocycles. The van der Waals surface area contributed by atoms with E-state index < -0.39 is 0 Å². The average Bonchev–Trinajstić information content (AvgIpc) is 2.43. The number of rotatable bonds is 0. The number of nitrogens with zero attached hydrogens (tertiary/aromatic N) is 3. The fourth-order valence-electron chi connectivity index (χ4n) is 3.63. The predicted molar refractivity (Wildman–Crippen MR) is 76.6 cm³/mol. The summed E-state index contributed by atoms with van der Waals surface area (Å²) in [5, 5.41) is 0. The molecule has 2 heterocycles. The third-order valence-corrected chi connectivity index (χ3v) is 4.33. The molecular formula is C15H19N3O2. The zero-order chi connectivity index (χ0) is 14.3. The Hall–Kier alpha value is -1.91. The number of aromatic nitrogens is 1. The maximum Gasteiger partial charge on any atom is 0.224 e. The first-order valence-corrected chi connectivity index (χ1v) is 7.15. The first-order valence-electron chi connectivity index (χ1n) is 7.15. The minimum atomic E-state index is 0.0272. The van der Waals surface area contributed by atoms with E-state index in [0.29, 0.717) is 0 Å². The van der Waals surface area contributed by atoms with Crippen molar-refractivity contribution in [1.82, 2.24) is 4.98 Å². The smallest absolute Gasteiger partial charge is 0.224 e. The molecule has 0 N–H and O–H groups in total. The Morgan fingerprint density at radius 1 is 1.05 bits per heavy atom. The molecule has 1 fully saturated rings. The molecule has 5 nitrogen and oxygen atoms in total. The van der Waals surface area contributed by atoms with E-state index >= 15 is 0 Å². The normalized spacial score (nSPS) is 24.9. The molecule has 0 saturated heterocycles. The van der Waals surface area contributed by atoms with Crippen molar-refractivity contribution in [2.45, 2.75) is 51.6 Å². The highest BCUT2D eigenvalue weighted by Crippen LogP contribution is 2.42. The number of anilines is 2. The van der Waals surface area contributed by atoms with Crippen molar-refractivity contribution < 1.29 is 9.59 Å². The molecule has 106 valence electrons. The molecule has 1 aromatic rings. The lowest BCUT2D eigenvalue weighted by Gasteiger charge is -2.49. The molecule has 0 spiro atoms. The van der Waals surface area contributed by atoms with E-state index in [1.807, 2.05) is 15.9 Å². The van der Waals surface area contributed by atoms with Crippen molar-refractivity contribution in [1.29, 1.82) is 0 Å². The highest BCUT2D eigenvalue weighted by atomic mass is 16.2. The number of hydrogen-bond donors (Lipinski definition) is 0. The monoisotopic (exact) mass is 273 g/mol. The quantitative estimate of drug-likeness (QED) is 0.727. The standard InChI is InChI=1S/C15H19N3O2/c1-10(19)17-12-5-3-4-6-13(12)18(11(2)20)15-9-16-8-7-14(15)17/h7-9,12-13H,3-6H2,1-2H3. The highest BCUT2D eigenvalue weighted by Gasteiger charge is 2.43. The Kier molecular flexibility index (Phi) is 3.20. The van der Waals surface area contributed by atoms with Crippen LogP contribution in [0.4, 0.5) is 11.4 Å². The number of amides is 2. The second-order valence-electron chi connectivity index (χ2n) is 5.56. The van der Waals surface area contributed by atoms with Crippen LogP contribution in [0.3, 0.4) is 0 Å². The topological polar surface area (TPSA) is 53.5 Å². The molecule has 2 atom stereocenters. The lowest BCUT2D eigenvalue weighted by molar-refractivity contribution is -0.119. The van der Waals surface area contributed by atoms with Gasteiger partial charge in [0.1, 0.15) is 0 Å². The van der Waals surface area contributed by atoms with Crippen molar-refractivity contribution in [3.05, 3.63) is 18.5 Å². The van der Waals surface area contributed by atoms with Gasteiger partial charge in [-0.3, -0.25) is 14.6 Å². The Morgan fingerprint density at radius 2 is 1.60 bits per heavy atom. The van der Waals surface area contributed by atoms with Gasteiger partial charge >= 0.3 is 0 Å². The summed E-state index contributed by atoms with van der Waals surface area (Å²) >= 11 is 0.